The van der Waals surface area contributed by atoms with Crippen LogP contribution in [-0.4, -0.2) is 29.1 Å². The lowest BCUT2D eigenvalue weighted by atomic mass is 10.1. The minimum Gasteiger partial charge on any atom is -0.508 e. The molecule has 3 N–H and O–H groups in total. The highest BCUT2D eigenvalue weighted by Gasteiger charge is 2.27. The van der Waals surface area contributed by atoms with Crippen molar-refractivity contribution in [3.8, 4) is 5.75 Å². The van der Waals surface area contributed by atoms with Crippen molar-refractivity contribution < 1.29 is 5.11 Å². The third kappa shape index (κ3) is 3.60. The topological polar surface area (TPSA) is 49.5 Å². The van der Waals surface area contributed by atoms with Crippen LogP contribution in [0.15, 0.2) is 24.3 Å². The minimum atomic E-state index is 0. The van der Waals surface area contributed by atoms with Crippen molar-refractivity contribution in [1.82, 2.24) is 4.90 Å². The van der Waals surface area contributed by atoms with E-state index >= 15 is 0 Å². The fourth-order valence-electron chi connectivity index (χ4n) is 2.50. The average molecular weight is 257 g/mol. The van der Waals surface area contributed by atoms with E-state index in [4.69, 9.17) is 5.73 Å². The number of nitrogens with two attached hydrogens (primary N) is 1. The molecular formula is C13H21ClN2O. The van der Waals surface area contributed by atoms with Crippen molar-refractivity contribution in [2.75, 3.05) is 13.1 Å². The SMILES string of the molecule is CC1CC(CN)CN1Cc1cccc(O)c1.Cl. The monoisotopic (exact) mass is 256 g/mol. The lowest BCUT2D eigenvalue weighted by molar-refractivity contribution is 0.255. The molecule has 0 amide bonds. The number of aromatic hydroxyl groups is 1. The molecule has 2 atom stereocenters. The van der Waals surface area contributed by atoms with E-state index in [1.54, 1.807) is 6.07 Å². The van der Waals surface area contributed by atoms with Crippen molar-refractivity contribution >= 4 is 12.4 Å². The van der Waals surface area contributed by atoms with Gasteiger partial charge in [0.05, 0.1) is 0 Å². The van der Waals surface area contributed by atoms with Crippen LogP contribution in [0.5, 0.6) is 5.75 Å². The van der Waals surface area contributed by atoms with Gasteiger partial charge in [-0.05, 0) is 43.5 Å². The summed E-state index contributed by atoms with van der Waals surface area (Å²) in [6.07, 6.45) is 1.19. The van der Waals surface area contributed by atoms with Crippen molar-refractivity contribution in [1.29, 1.82) is 0 Å². The normalized spacial score (nSPS) is 24.6. The molecule has 1 saturated heterocycles. The van der Waals surface area contributed by atoms with Gasteiger partial charge in [-0.25, -0.2) is 0 Å². The van der Waals surface area contributed by atoms with E-state index in [2.05, 4.69) is 17.9 Å². The van der Waals surface area contributed by atoms with Crippen LogP contribution in [-0.2, 0) is 6.54 Å². The summed E-state index contributed by atoms with van der Waals surface area (Å²) in [5.74, 6) is 0.979. The average Bonchev–Trinajstić information content (AvgIpc) is 2.60. The lowest BCUT2D eigenvalue weighted by Gasteiger charge is -2.21. The zero-order chi connectivity index (χ0) is 11.5. The van der Waals surface area contributed by atoms with Crippen molar-refractivity contribution in [2.45, 2.75) is 25.9 Å². The molecule has 1 heterocycles. The molecular weight excluding hydrogens is 236 g/mol. The molecule has 1 aliphatic rings. The Balaban J connectivity index is 0.00000144. The van der Waals surface area contributed by atoms with E-state index in [1.165, 1.54) is 12.0 Å². The molecule has 0 bridgehead atoms. The largest absolute Gasteiger partial charge is 0.508 e. The molecule has 3 nitrogen and oxygen atoms in total. The van der Waals surface area contributed by atoms with E-state index in [9.17, 15) is 5.11 Å². The third-order valence-electron chi connectivity index (χ3n) is 3.42. The van der Waals surface area contributed by atoms with Gasteiger partial charge in [0.15, 0.2) is 0 Å². The van der Waals surface area contributed by atoms with E-state index in [-0.39, 0.29) is 12.4 Å². The predicted molar refractivity (Wildman–Crippen MR) is 72.4 cm³/mol. The van der Waals surface area contributed by atoms with Gasteiger partial charge in [0.2, 0.25) is 0 Å². The minimum absolute atomic E-state index is 0. The Kier molecular flexibility index (Phi) is 5.25. The van der Waals surface area contributed by atoms with Crippen molar-refractivity contribution in [2.24, 2.45) is 11.7 Å². The highest BCUT2D eigenvalue weighted by Crippen LogP contribution is 2.24. The number of rotatable bonds is 3. The number of halogens is 1. The third-order valence-corrected chi connectivity index (χ3v) is 3.42. The number of hydrogen-bond acceptors (Lipinski definition) is 3. The summed E-state index contributed by atoms with van der Waals surface area (Å²) >= 11 is 0. The summed E-state index contributed by atoms with van der Waals surface area (Å²) in [5.41, 5.74) is 6.88. The summed E-state index contributed by atoms with van der Waals surface area (Å²) in [5, 5.41) is 9.41. The molecule has 0 aromatic heterocycles. The maximum atomic E-state index is 9.41. The lowest BCUT2D eigenvalue weighted by Crippen LogP contribution is -2.27. The standard InChI is InChI=1S/C13H20N2O.ClH/c1-10-5-12(7-14)9-15(10)8-11-3-2-4-13(16)6-11;/h2-4,6,10,12,16H,5,7-9,14H2,1H3;1H. The maximum Gasteiger partial charge on any atom is 0.115 e. The molecule has 17 heavy (non-hydrogen) atoms. The molecule has 96 valence electrons. The Labute approximate surface area is 109 Å². The Morgan fingerprint density at radius 3 is 2.82 bits per heavy atom. The molecule has 1 aromatic carbocycles. The first-order valence-electron chi connectivity index (χ1n) is 5.91. The summed E-state index contributed by atoms with van der Waals surface area (Å²) < 4.78 is 0. The summed E-state index contributed by atoms with van der Waals surface area (Å²) in [4.78, 5) is 2.44. The van der Waals surface area contributed by atoms with Crippen LogP contribution in [0, 0.1) is 5.92 Å². The van der Waals surface area contributed by atoms with Crippen LogP contribution in [0.2, 0.25) is 0 Å². The molecule has 2 unspecified atom stereocenters. The second-order valence-electron chi connectivity index (χ2n) is 4.79. The van der Waals surface area contributed by atoms with Crippen LogP contribution in [0.1, 0.15) is 18.9 Å². The van der Waals surface area contributed by atoms with E-state index in [0.717, 1.165) is 19.6 Å². The maximum absolute atomic E-state index is 9.41. The Morgan fingerprint density at radius 1 is 1.47 bits per heavy atom. The van der Waals surface area contributed by atoms with Gasteiger partial charge in [-0.1, -0.05) is 12.1 Å². The molecule has 0 radical (unpaired) electrons. The van der Waals surface area contributed by atoms with Gasteiger partial charge in [-0.2, -0.15) is 0 Å². The van der Waals surface area contributed by atoms with Gasteiger partial charge in [0.1, 0.15) is 5.75 Å². The second-order valence-corrected chi connectivity index (χ2v) is 4.79. The Morgan fingerprint density at radius 2 is 2.24 bits per heavy atom. The highest BCUT2D eigenvalue weighted by molar-refractivity contribution is 5.85. The molecule has 4 heteroatoms. The number of phenols is 1. The second kappa shape index (κ2) is 6.24. The molecule has 2 rings (SSSR count). The van der Waals surface area contributed by atoms with Crippen LogP contribution in [0.25, 0.3) is 0 Å². The summed E-state index contributed by atoms with van der Waals surface area (Å²) in [7, 11) is 0. The first kappa shape index (κ1) is 14.3. The van der Waals surface area contributed by atoms with Crippen molar-refractivity contribution in [3.63, 3.8) is 0 Å². The zero-order valence-corrected chi connectivity index (χ0v) is 11.0. The number of likely N-dealkylation sites (tertiary alicyclic amines) is 1. The summed E-state index contributed by atoms with van der Waals surface area (Å²) in [6.45, 7) is 5.01. The number of nitrogens with zero attached hydrogens (tertiary/aromatic N) is 1. The zero-order valence-electron chi connectivity index (χ0n) is 10.2. The smallest absolute Gasteiger partial charge is 0.115 e. The fourth-order valence-corrected chi connectivity index (χ4v) is 2.50. The van der Waals surface area contributed by atoms with E-state index in [0.29, 0.717) is 17.7 Å². The van der Waals surface area contributed by atoms with Gasteiger partial charge < -0.3 is 10.8 Å². The van der Waals surface area contributed by atoms with Gasteiger partial charge >= 0.3 is 0 Å². The first-order valence-corrected chi connectivity index (χ1v) is 5.91. The van der Waals surface area contributed by atoms with Gasteiger partial charge in [-0.3, -0.25) is 4.90 Å². The van der Waals surface area contributed by atoms with Crippen LogP contribution >= 0.6 is 12.4 Å². The Bertz CT molecular complexity index is 359. The summed E-state index contributed by atoms with van der Waals surface area (Å²) in [6, 6.07) is 8.09. The quantitative estimate of drug-likeness (QED) is 0.870. The Hall–Kier alpha value is -0.770. The van der Waals surface area contributed by atoms with Crippen LogP contribution in [0.4, 0.5) is 0 Å². The van der Waals surface area contributed by atoms with E-state index < -0.39 is 0 Å². The first-order chi connectivity index (χ1) is 7.69. The molecule has 1 fully saturated rings. The molecule has 0 aliphatic carbocycles. The van der Waals surface area contributed by atoms with Crippen LogP contribution in [0.3, 0.4) is 0 Å². The molecule has 1 aromatic rings. The van der Waals surface area contributed by atoms with Crippen LogP contribution < -0.4 is 5.73 Å². The van der Waals surface area contributed by atoms with Gasteiger partial charge in [0.25, 0.3) is 0 Å². The molecule has 1 aliphatic heterocycles. The molecule has 0 saturated carbocycles. The fraction of sp³-hybridized carbons (Fsp3) is 0.538. The van der Waals surface area contributed by atoms with Crippen molar-refractivity contribution in [3.05, 3.63) is 29.8 Å². The molecule has 0 spiro atoms. The number of benzene rings is 1. The highest BCUT2D eigenvalue weighted by atomic mass is 35.5. The number of hydrogen-bond donors (Lipinski definition) is 2. The van der Waals surface area contributed by atoms with E-state index in [1.807, 2.05) is 12.1 Å². The predicted octanol–water partition coefficient (Wildman–Crippen LogP) is 1.98. The van der Waals surface area contributed by atoms with Gasteiger partial charge in [-0.15, -0.1) is 12.4 Å². The van der Waals surface area contributed by atoms with Gasteiger partial charge in [0, 0.05) is 19.1 Å². The number of phenolic OH excluding ortho intramolecular Hbond substituents is 1.